The average molecular weight is 784 g/mol. The van der Waals surface area contributed by atoms with Crippen LogP contribution in [0.1, 0.15) is 87.5 Å². The zero-order valence-electron chi connectivity index (χ0n) is 32.9. The Balaban J connectivity index is 0.00000561. The van der Waals surface area contributed by atoms with Crippen LogP contribution in [0.5, 0.6) is 0 Å². The molecule has 3 atom stereocenters. The first-order valence-corrected chi connectivity index (χ1v) is 20.2. The van der Waals surface area contributed by atoms with Crippen LogP contribution < -0.4 is 5.32 Å². The van der Waals surface area contributed by atoms with Gasteiger partial charge in [-0.2, -0.15) is 34.9 Å². The number of carbonyl (C=O) groups excluding carboxylic acids is 2. The molecule has 2 aromatic rings. The fraction of sp³-hybridized carbons (Fsp3) is 0.628. The van der Waals surface area contributed by atoms with Gasteiger partial charge in [0.25, 0.3) is 5.91 Å². The van der Waals surface area contributed by atoms with Crippen molar-refractivity contribution in [2.75, 3.05) is 58.0 Å². The van der Waals surface area contributed by atoms with E-state index in [1.165, 1.54) is 5.56 Å². The number of fused-ring (bicyclic) bond motifs is 1. The molecule has 4 aliphatic rings. The first kappa shape index (κ1) is 42.1. The summed E-state index contributed by atoms with van der Waals surface area (Å²) in [6.45, 7) is 14.1. The molecular weight excluding hydrogens is 721 g/mol. The fourth-order valence-corrected chi connectivity index (χ4v) is 8.98. The minimum Gasteiger partial charge on any atom is -0.466 e. The van der Waals surface area contributed by atoms with E-state index in [1.807, 2.05) is 30.9 Å². The van der Waals surface area contributed by atoms with Gasteiger partial charge in [-0.05, 0) is 114 Å². The molecule has 0 aromatic heterocycles. The first-order chi connectivity index (χ1) is 25.7. The van der Waals surface area contributed by atoms with Gasteiger partial charge in [0.05, 0.1) is 26.4 Å². The van der Waals surface area contributed by atoms with Crippen LogP contribution >= 0.6 is 0 Å². The van der Waals surface area contributed by atoms with Gasteiger partial charge in [-0.3, -0.25) is 14.5 Å². The Hall–Kier alpha value is -3.08. The van der Waals surface area contributed by atoms with Crippen LogP contribution in [0.15, 0.2) is 48.4 Å². The van der Waals surface area contributed by atoms with E-state index in [9.17, 15) is 14.7 Å². The minimum atomic E-state index is -0.615. The number of hydrogen-bond donors (Lipinski definition) is 2. The van der Waals surface area contributed by atoms with E-state index in [-0.39, 0.29) is 28.9 Å². The number of aliphatic hydroxyl groups excluding tert-OH is 1. The van der Waals surface area contributed by atoms with Crippen molar-refractivity contribution in [3.05, 3.63) is 76.7 Å². The SMILES string of the molecule is C/C=C(\O[C@H](Cc1cc(C)[c-]c(C)c1)C(=O)N1CN(C2CCN(CCC(=O)OCC)CC2)C1)N1CCC(C2CCc3ccccc3NC(O)CC2)CC1.[Mn]. The summed E-state index contributed by atoms with van der Waals surface area (Å²) in [7, 11) is 0. The summed E-state index contributed by atoms with van der Waals surface area (Å²) < 4.78 is 11.9. The third-order valence-corrected chi connectivity index (χ3v) is 11.9. The monoisotopic (exact) mass is 783 g/mol. The molecule has 6 rings (SSSR count). The molecule has 1 radical (unpaired) electrons. The minimum absolute atomic E-state index is 0. The molecule has 4 heterocycles. The number of hydrogen-bond acceptors (Lipinski definition) is 9. The van der Waals surface area contributed by atoms with Gasteiger partial charge in [0, 0.05) is 48.4 Å². The maximum Gasteiger partial charge on any atom is 0.307 e. The second kappa shape index (κ2) is 20.2. The van der Waals surface area contributed by atoms with Crippen LogP contribution in [0.2, 0.25) is 0 Å². The van der Waals surface area contributed by atoms with Gasteiger partial charge in [0.2, 0.25) is 0 Å². The molecule has 0 saturated carbocycles. The number of para-hydroxylation sites is 1. The van der Waals surface area contributed by atoms with Gasteiger partial charge in [0.15, 0.2) is 12.0 Å². The molecular formula is C43H62MnN5O5-. The Kier molecular flexibility index (Phi) is 15.7. The Morgan fingerprint density at radius 1 is 0.944 bits per heavy atom. The van der Waals surface area contributed by atoms with Gasteiger partial charge in [-0.25, -0.2) is 0 Å². The number of carbonyl (C=O) groups is 2. The molecule has 10 nitrogen and oxygen atoms in total. The number of aliphatic hydroxyl groups is 1. The molecule has 2 aromatic carbocycles. The summed E-state index contributed by atoms with van der Waals surface area (Å²) >= 11 is 0. The maximum atomic E-state index is 14.2. The number of likely N-dealkylation sites (tertiary alicyclic amines) is 2. The molecule has 3 saturated heterocycles. The van der Waals surface area contributed by atoms with E-state index in [1.54, 1.807) is 0 Å². The predicted molar refractivity (Wildman–Crippen MR) is 208 cm³/mol. The zero-order chi connectivity index (χ0) is 37.3. The van der Waals surface area contributed by atoms with Gasteiger partial charge >= 0.3 is 5.97 Å². The van der Waals surface area contributed by atoms with Crippen molar-refractivity contribution in [3.8, 4) is 0 Å². The van der Waals surface area contributed by atoms with Crippen molar-refractivity contribution >= 4 is 17.6 Å². The van der Waals surface area contributed by atoms with Crippen molar-refractivity contribution in [2.45, 2.75) is 110 Å². The van der Waals surface area contributed by atoms with Crippen molar-refractivity contribution in [1.29, 1.82) is 0 Å². The Labute approximate surface area is 334 Å². The molecule has 2 N–H and O–H groups in total. The number of amides is 1. The smallest absolute Gasteiger partial charge is 0.307 e. The van der Waals surface area contributed by atoms with Crippen molar-refractivity contribution < 1.29 is 41.2 Å². The van der Waals surface area contributed by atoms with E-state index in [0.29, 0.717) is 50.7 Å². The summed E-state index contributed by atoms with van der Waals surface area (Å²) in [5.74, 6) is 1.88. The Morgan fingerprint density at radius 3 is 2.31 bits per heavy atom. The van der Waals surface area contributed by atoms with Crippen LogP contribution in [0.25, 0.3) is 0 Å². The second-order valence-corrected chi connectivity index (χ2v) is 15.7. The zero-order valence-corrected chi connectivity index (χ0v) is 34.1. The number of aryl methyl sites for hydroxylation is 3. The molecule has 2 unspecified atom stereocenters. The number of benzene rings is 2. The van der Waals surface area contributed by atoms with Gasteiger partial charge in [0.1, 0.15) is 6.23 Å². The topological polar surface area (TPSA) is 97.8 Å². The molecule has 0 aliphatic carbocycles. The third-order valence-electron chi connectivity index (χ3n) is 11.9. The van der Waals surface area contributed by atoms with Crippen LogP contribution in [0, 0.1) is 31.7 Å². The van der Waals surface area contributed by atoms with Crippen molar-refractivity contribution in [3.63, 3.8) is 0 Å². The van der Waals surface area contributed by atoms with Crippen LogP contribution in [-0.2, 0) is 49.0 Å². The largest absolute Gasteiger partial charge is 0.466 e. The summed E-state index contributed by atoms with van der Waals surface area (Å²) in [5.41, 5.74) is 5.58. The number of rotatable bonds is 12. The molecule has 0 spiro atoms. The summed E-state index contributed by atoms with van der Waals surface area (Å²) in [4.78, 5) is 35.1. The van der Waals surface area contributed by atoms with Crippen LogP contribution in [0.3, 0.4) is 0 Å². The Bertz CT molecular complexity index is 1530. The van der Waals surface area contributed by atoms with Crippen LogP contribution in [-0.4, -0.2) is 108 Å². The number of ether oxygens (including phenoxy) is 2. The summed E-state index contributed by atoms with van der Waals surface area (Å²) in [6.07, 6.45) is 10.00. The molecule has 54 heavy (non-hydrogen) atoms. The number of anilines is 1. The van der Waals surface area contributed by atoms with E-state index < -0.39 is 12.3 Å². The second-order valence-electron chi connectivity index (χ2n) is 15.7. The number of piperidine rings is 2. The fourth-order valence-electron chi connectivity index (χ4n) is 8.98. The standard InChI is InChI=1S/C43H62N5O5.Mn/c1-5-41(46-23-15-35(16-24-46)34-11-12-36-9-7-8-10-38(36)44-40(49)14-13-34)53-39(28-33-26-31(3)25-32(4)27-33)43(51)48-29-47(30-48)37-17-20-45(21-18-37)22-19-42(50)52-6-2;/h5,7-10,26-27,34-35,37,39-40,44,49H,6,11-24,28-30H2,1-4H3;/q-1;/b41-5-;/t34?,39-,40?;/m1./s1. The van der Waals surface area contributed by atoms with E-state index in [0.717, 1.165) is 112 Å². The van der Waals surface area contributed by atoms with E-state index in [2.05, 4.69) is 70.3 Å². The molecule has 297 valence electrons. The quantitative estimate of drug-likeness (QED) is 0.119. The normalized spacial score (nSPS) is 22.7. The van der Waals surface area contributed by atoms with Gasteiger partial charge in [-0.15, -0.1) is 0 Å². The number of nitrogens with one attached hydrogen (secondary N) is 1. The molecule has 1 amide bonds. The third kappa shape index (κ3) is 11.3. The average Bonchev–Trinajstić information content (AvgIpc) is 3.20. The first-order valence-electron chi connectivity index (χ1n) is 20.2. The van der Waals surface area contributed by atoms with Crippen LogP contribution in [0.4, 0.5) is 5.69 Å². The summed E-state index contributed by atoms with van der Waals surface area (Å²) in [5, 5.41) is 14.0. The number of esters is 1. The molecule has 0 bridgehead atoms. The van der Waals surface area contributed by atoms with Crippen molar-refractivity contribution in [2.24, 2.45) is 11.8 Å². The van der Waals surface area contributed by atoms with E-state index in [4.69, 9.17) is 9.47 Å². The molecule has 3 fully saturated rings. The predicted octanol–water partition coefficient (Wildman–Crippen LogP) is 5.85. The van der Waals surface area contributed by atoms with Gasteiger partial charge < -0.3 is 34.6 Å². The Morgan fingerprint density at radius 2 is 1.63 bits per heavy atom. The molecule has 4 aliphatic heterocycles. The number of allylic oxidation sites excluding steroid dienone is 1. The van der Waals surface area contributed by atoms with E-state index >= 15 is 0 Å². The van der Waals surface area contributed by atoms with Gasteiger partial charge in [-0.1, -0.05) is 32.0 Å². The van der Waals surface area contributed by atoms with Crippen molar-refractivity contribution in [1.82, 2.24) is 19.6 Å². The number of nitrogens with zero attached hydrogens (tertiary/aromatic N) is 4. The maximum absolute atomic E-state index is 14.2. The summed E-state index contributed by atoms with van der Waals surface area (Å²) in [6, 6.07) is 16.4. The molecule has 11 heteroatoms.